The van der Waals surface area contributed by atoms with Gasteiger partial charge in [-0.1, -0.05) is 246 Å². The highest BCUT2D eigenvalue weighted by molar-refractivity contribution is 5.07. The van der Waals surface area contributed by atoms with E-state index in [9.17, 15) is 0 Å². The second kappa shape index (κ2) is 38.4. The van der Waals surface area contributed by atoms with Crippen LogP contribution in [0.4, 0.5) is 0 Å². The lowest BCUT2D eigenvalue weighted by Gasteiger charge is -2.54. The van der Waals surface area contributed by atoms with E-state index in [4.69, 9.17) is 11.1 Å². The van der Waals surface area contributed by atoms with E-state index in [-0.39, 0.29) is 0 Å². The van der Waals surface area contributed by atoms with Gasteiger partial charge < -0.3 is 16.4 Å². The van der Waals surface area contributed by atoms with Crippen LogP contribution in [0.1, 0.15) is 297 Å². The van der Waals surface area contributed by atoms with Crippen LogP contribution in [-0.4, -0.2) is 30.2 Å². The molecule has 0 atom stereocenters. The number of rotatable bonds is 43. The molecule has 3 nitrogen and oxygen atoms in total. The first-order valence-corrected chi connectivity index (χ1v) is 25.8. The molecule has 0 amide bonds. The van der Waals surface area contributed by atoms with Gasteiger partial charge in [0.25, 0.3) is 0 Å². The summed E-state index contributed by atoms with van der Waals surface area (Å²) in [5.74, 6) is 0. The van der Waals surface area contributed by atoms with Gasteiger partial charge in [-0.2, -0.15) is 0 Å². The molecule has 0 spiro atoms. The summed E-state index contributed by atoms with van der Waals surface area (Å²) < 4.78 is 0. The lowest BCUT2D eigenvalue weighted by Crippen LogP contribution is -2.66. The van der Waals surface area contributed by atoms with E-state index in [1.54, 1.807) is 0 Å². The number of hydrogen-bond donors (Lipinski definition) is 3. The Balaban J connectivity index is 3.13. The molecule has 0 unspecified atom stereocenters. The Morgan fingerprint density at radius 1 is 0.370 bits per heavy atom. The SMILES string of the molecule is CCCCCCCCCCC1(CCCCCCCCCC)CC(NCCCCCCN)CC(CCCCCCCCCC)(CCCCCCCCCC)N1. The summed E-state index contributed by atoms with van der Waals surface area (Å²) in [4.78, 5) is 0. The van der Waals surface area contributed by atoms with E-state index >= 15 is 0 Å². The first-order chi connectivity index (χ1) is 26.6. The predicted octanol–water partition coefficient (Wildman–Crippen LogP) is 16.4. The van der Waals surface area contributed by atoms with Crippen molar-refractivity contribution in [3.8, 4) is 0 Å². The number of unbranched alkanes of at least 4 members (excludes halogenated alkanes) is 31. The van der Waals surface area contributed by atoms with Crippen LogP contribution in [0.5, 0.6) is 0 Å². The molecular weight excluding hydrogens is 655 g/mol. The quantitative estimate of drug-likeness (QED) is 0.0543. The van der Waals surface area contributed by atoms with E-state index in [1.807, 2.05) is 0 Å². The lowest BCUT2D eigenvalue weighted by molar-refractivity contribution is 0.0639. The maximum absolute atomic E-state index is 5.84. The maximum atomic E-state index is 5.84. The van der Waals surface area contributed by atoms with Crippen molar-refractivity contribution in [2.24, 2.45) is 5.73 Å². The van der Waals surface area contributed by atoms with Gasteiger partial charge in [0.2, 0.25) is 0 Å². The summed E-state index contributed by atoms with van der Waals surface area (Å²) in [7, 11) is 0. The van der Waals surface area contributed by atoms with Gasteiger partial charge in [-0.15, -0.1) is 0 Å². The second-order valence-corrected chi connectivity index (χ2v) is 18.8. The Morgan fingerprint density at radius 3 is 0.926 bits per heavy atom. The van der Waals surface area contributed by atoms with Crippen LogP contribution >= 0.6 is 0 Å². The third-order valence-electron chi connectivity index (χ3n) is 13.4. The summed E-state index contributed by atoms with van der Waals surface area (Å²) in [5.41, 5.74) is 6.48. The molecule has 0 aromatic carbocycles. The molecule has 4 N–H and O–H groups in total. The van der Waals surface area contributed by atoms with Gasteiger partial charge >= 0.3 is 0 Å². The van der Waals surface area contributed by atoms with Crippen molar-refractivity contribution < 1.29 is 0 Å². The molecule has 1 fully saturated rings. The fourth-order valence-electron chi connectivity index (χ4n) is 10.1. The van der Waals surface area contributed by atoms with E-state index in [0.717, 1.165) is 6.54 Å². The van der Waals surface area contributed by atoms with E-state index in [2.05, 4.69) is 33.0 Å². The minimum absolute atomic E-state index is 0.320. The normalized spacial score (nSPS) is 15.7. The van der Waals surface area contributed by atoms with Crippen molar-refractivity contribution in [1.82, 2.24) is 10.6 Å². The average molecular weight is 760 g/mol. The molecule has 1 saturated heterocycles. The van der Waals surface area contributed by atoms with Gasteiger partial charge in [0.15, 0.2) is 0 Å². The van der Waals surface area contributed by atoms with Crippen LogP contribution in [-0.2, 0) is 0 Å². The second-order valence-electron chi connectivity index (χ2n) is 18.8. The van der Waals surface area contributed by atoms with E-state index < -0.39 is 0 Å². The van der Waals surface area contributed by atoms with Gasteiger partial charge in [0.1, 0.15) is 0 Å². The predicted molar refractivity (Wildman–Crippen MR) is 246 cm³/mol. The summed E-state index contributed by atoms with van der Waals surface area (Å²) in [5, 5.41) is 9.01. The molecule has 0 aliphatic carbocycles. The molecule has 0 aromatic heterocycles. The highest BCUT2D eigenvalue weighted by atomic mass is 15.1. The van der Waals surface area contributed by atoms with Crippen LogP contribution in [0.3, 0.4) is 0 Å². The molecule has 3 heteroatoms. The standard InChI is InChI=1S/C51H105N3/c1-5-9-13-17-21-25-29-35-41-50(42-36-30-26-22-18-14-10-6-2)47-49(53-46-40-34-33-39-45-52)48-51(54-50,43-37-31-27-23-19-15-11-7-3)44-38-32-28-24-20-16-12-8-4/h49,53-54H,5-48,52H2,1-4H3. The average Bonchev–Trinajstić information content (AvgIpc) is 3.17. The van der Waals surface area contributed by atoms with Gasteiger partial charge in [-0.3, -0.25) is 0 Å². The molecule has 0 aromatic rings. The lowest BCUT2D eigenvalue weighted by atomic mass is 9.68. The Hall–Kier alpha value is -0.120. The number of hydrogen-bond acceptors (Lipinski definition) is 3. The van der Waals surface area contributed by atoms with Crippen molar-refractivity contribution in [2.75, 3.05) is 13.1 Å². The van der Waals surface area contributed by atoms with Crippen molar-refractivity contribution in [2.45, 2.75) is 314 Å². The van der Waals surface area contributed by atoms with Gasteiger partial charge in [0.05, 0.1) is 0 Å². The van der Waals surface area contributed by atoms with Crippen LogP contribution in [0, 0.1) is 0 Å². The van der Waals surface area contributed by atoms with E-state index in [0.29, 0.717) is 17.1 Å². The Kier molecular flexibility index (Phi) is 36.9. The van der Waals surface area contributed by atoms with Crippen LogP contribution in [0.2, 0.25) is 0 Å². The number of piperidine rings is 1. The van der Waals surface area contributed by atoms with Crippen LogP contribution in [0.25, 0.3) is 0 Å². The molecule has 1 rings (SSSR count). The molecule has 1 aliphatic rings. The summed E-state index contributed by atoms with van der Waals surface area (Å²) in [6, 6.07) is 0.673. The maximum Gasteiger partial charge on any atom is 0.0201 e. The topological polar surface area (TPSA) is 50.1 Å². The Bertz CT molecular complexity index is 644. The molecule has 0 bridgehead atoms. The number of nitrogens with one attached hydrogen (secondary N) is 2. The molecular formula is C51H105N3. The largest absolute Gasteiger partial charge is 0.330 e. The first-order valence-electron chi connectivity index (χ1n) is 25.8. The minimum atomic E-state index is 0.320. The van der Waals surface area contributed by atoms with E-state index in [1.165, 1.54) is 276 Å². The summed E-state index contributed by atoms with van der Waals surface area (Å²) in [6.07, 6.45) is 59.2. The van der Waals surface area contributed by atoms with Gasteiger partial charge in [-0.05, 0) is 64.5 Å². The van der Waals surface area contributed by atoms with Crippen molar-refractivity contribution in [3.63, 3.8) is 0 Å². The smallest absolute Gasteiger partial charge is 0.0201 e. The van der Waals surface area contributed by atoms with Gasteiger partial charge in [-0.25, -0.2) is 0 Å². The van der Waals surface area contributed by atoms with Gasteiger partial charge in [0, 0.05) is 17.1 Å². The van der Waals surface area contributed by atoms with Crippen LogP contribution in [0.15, 0.2) is 0 Å². The fraction of sp³-hybridized carbons (Fsp3) is 1.00. The molecule has 324 valence electrons. The molecule has 0 radical (unpaired) electrons. The Labute approximate surface area is 342 Å². The van der Waals surface area contributed by atoms with Crippen molar-refractivity contribution >= 4 is 0 Å². The zero-order valence-electron chi connectivity index (χ0n) is 38.3. The molecule has 0 saturated carbocycles. The van der Waals surface area contributed by atoms with Crippen LogP contribution < -0.4 is 16.4 Å². The third-order valence-corrected chi connectivity index (χ3v) is 13.4. The van der Waals surface area contributed by atoms with Crippen molar-refractivity contribution in [3.05, 3.63) is 0 Å². The highest BCUT2D eigenvalue weighted by Gasteiger charge is 2.46. The summed E-state index contributed by atoms with van der Waals surface area (Å²) in [6.45, 7) is 11.4. The monoisotopic (exact) mass is 760 g/mol. The molecule has 54 heavy (non-hydrogen) atoms. The fourth-order valence-corrected chi connectivity index (χ4v) is 10.1. The Morgan fingerprint density at radius 2 is 0.630 bits per heavy atom. The minimum Gasteiger partial charge on any atom is -0.330 e. The molecule has 1 aliphatic heterocycles. The zero-order valence-corrected chi connectivity index (χ0v) is 38.3. The number of nitrogens with two attached hydrogens (primary N) is 1. The zero-order chi connectivity index (χ0) is 39.1. The summed E-state index contributed by atoms with van der Waals surface area (Å²) >= 11 is 0. The van der Waals surface area contributed by atoms with Crippen molar-refractivity contribution in [1.29, 1.82) is 0 Å². The third kappa shape index (κ3) is 29.1. The highest BCUT2D eigenvalue weighted by Crippen LogP contribution is 2.42. The molecule has 1 heterocycles. The first kappa shape index (κ1) is 51.9.